The second-order valence-corrected chi connectivity index (χ2v) is 3.83. The topological polar surface area (TPSA) is 61.3 Å². The highest BCUT2D eigenvalue weighted by Crippen LogP contribution is 2.18. The lowest BCUT2D eigenvalue weighted by Gasteiger charge is -2.14. The first kappa shape index (κ1) is 14.6. The zero-order valence-electron chi connectivity index (χ0n) is 11.4. The van der Waals surface area contributed by atoms with E-state index in [1.165, 1.54) is 0 Å². The molecule has 5 nitrogen and oxygen atoms in total. The third kappa shape index (κ3) is 3.50. The molecule has 100 valence electrons. The van der Waals surface area contributed by atoms with Crippen molar-refractivity contribution in [3.05, 3.63) is 23.3 Å². The van der Waals surface area contributed by atoms with Crippen molar-refractivity contribution in [2.24, 2.45) is 0 Å². The number of ether oxygens (including phenoxy) is 2. The van der Waals surface area contributed by atoms with Gasteiger partial charge in [0.25, 0.3) is 0 Å². The normalized spacial score (nSPS) is 12.2. The largest absolute Gasteiger partial charge is 0.461 e. The van der Waals surface area contributed by atoms with Gasteiger partial charge in [-0.1, -0.05) is 6.92 Å². The van der Waals surface area contributed by atoms with Crippen molar-refractivity contribution in [2.45, 2.75) is 40.2 Å². The molecule has 0 saturated heterocycles. The molecule has 18 heavy (non-hydrogen) atoms. The number of hydrogen-bond acceptors (Lipinski definition) is 5. The van der Waals surface area contributed by atoms with Crippen LogP contribution in [-0.4, -0.2) is 29.2 Å². The molecule has 1 atom stereocenters. The lowest BCUT2D eigenvalue weighted by atomic mass is 10.2. The molecule has 0 fully saturated rings. The molecule has 1 aromatic rings. The van der Waals surface area contributed by atoms with Crippen LogP contribution in [0.3, 0.4) is 0 Å². The van der Waals surface area contributed by atoms with Crippen LogP contribution in [0.1, 0.15) is 55.2 Å². The van der Waals surface area contributed by atoms with Gasteiger partial charge in [-0.25, -0.2) is 14.8 Å². The second kappa shape index (κ2) is 7.06. The molecule has 0 saturated carbocycles. The van der Waals surface area contributed by atoms with Gasteiger partial charge in [0.15, 0.2) is 11.5 Å². The van der Waals surface area contributed by atoms with E-state index in [-0.39, 0.29) is 6.10 Å². The van der Waals surface area contributed by atoms with Crippen LogP contribution < -0.4 is 0 Å². The third-order valence-corrected chi connectivity index (χ3v) is 2.49. The quantitative estimate of drug-likeness (QED) is 0.728. The Morgan fingerprint density at radius 2 is 2.06 bits per heavy atom. The van der Waals surface area contributed by atoms with Crippen LogP contribution in [0.25, 0.3) is 0 Å². The summed E-state index contributed by atoms with van der Waals surface area (Å²) in [4.78, 5) is 20.2. The zero-order valence-corrected chi connectivity index (χ0v) is 11.4. The van der Waals surface area contributed by atoms with Gasteiger partial charge < -0.3 is 9.47 Å². The van der Waals surface area contributed by atoms with Crippen LogP contribution in [0.15, 0.2) is 6.20 Å². The Morgan fingerprint density at radius 1 is 1.33 bits per heavy atom. The molecule has 0 N–H and O–H groups in total. The Hall–Kier alpha value is -1.49. The second-order valence-electron chi connectivity index (χ2n) is 3.83. The minimum Gasteiger partial charge on any atom is -0.461 e. The summed E-state index contributed by atoms with van der Waals surface area (Å²) < 4.78 is 10.5. The van der Waals surface area contributed by atoms with E-state index in [4.69, 9.17) is 9.47 Å². The van der Waals surface area contributed by atoms with E-state index in [0.717, 1.165) is 6.42 Å². The first-order valence-electron chi connectivity index (χ1n) is 6.26. The number of nitrogens with zero attached hydrogens (tertiary/aromatic N) is 2. The number of rotatable bonds is 6. The Bertz CT molecular complexity index is 407. The molecule has 0 radical (unpaired) electrons. The molecule has 1 heterocycles. The number of hydrogen-bond donors (Lipinski definition) is 0. The Kier molecular flexibility index (Phi) is 5.71. The maximum absolute atomic E-state index is 11.7. The minimum atomic E-state index is -0.412. The number of carbonyl (C=O) groups is 1. The molecule has 1 aromatic heterocycles. The number of aromatic nitrogens is 2. The number of esters is 1. The number of aryl methyl sites for hydroxylation is 1. The van der Waals surface area contributed by atoms with Gasteiger partial charge in [-0.3, -0.25) is 0 Å². The molecule has 0 spiro atoms. The van der Waals surface area contributed by atoms with Crippen molar-refractivity contribution < 1.29 is 14.3 Å². The minimum absolute atomic E-state index is 0.177. The van der Waals surface area contributed by atoms with E-state index in [2.05, 4.69) is 9.97 Å². The summed E-state index contributed by atoms with van der Waals surface area (Å²) in [6.07, 6.45) is 2.22. The van der Waals surface area contributed by atoms with Gasteiger partial charge in [-0.2, -0.15) is 0 Å². The summed E-state index contributed by atoms with van der Waals surface area (Å²) in [5.41, 5.74) is 1.03. The average Bonchev–Trinajstić information content (AvgIpc) is 2.37. The Balaban J connectivity index is 3.02. The molecule has 0 aliphatic carbocycles. The van der Waals surface area contributed by atoms with Crippen LogP contribution in [0, 0.1) is 6.92 Å². The summed E-state index contributed by atoms with van der Waals surface area (Å²) in [5.74, 6) is 0.123. The van der Waals surface area contributed by atoms with Crippen molar-refractivity contribution in [1.29, 1.82) is 0 Å². The fourth-order valence-electron chi connectivity index (χ4n) is 1.59. The molecular weight excluding hydrogens is 232 g/mol. The van der Waals surface area contributed by atoms with Crippen molar-refractivity contribution in [1.82, 2.24) is 9.97 Å². The molecular formula is C13H20N2O3. The maximum atomic E-state index is 11.7. The van der Waals surface area contributed by atoms with Gasteiger partial charge in [0.1, 0.15) is 6.10 Å². The van der Waals surface area contributed by atoms with Gasteiger partial charge in [0.2, 0.25) is 0 Å². The highest BCUT2D eigenvalue weighted by atomic mass is 16.5. The third-order valence-electron chi connectivity index (χ3n) is 2.49. The van der Waals surface area contributed by atoms with Gasteiger partial charge in [-0.05, 0) is 27.2 Å². The van der Waals surface area contributed by atoms with Gasteiger partial charge in [0, 0.05) is 18.4 Å². The number of carbonyl (C=O) groups excluding carboxylic acids is 1. The molecule has 0 amide bonds. The van der Waals surface area contributed by atoms with Gasteiger partial charge >= 0.3 is 5.97 Å². The lowest BCUT2D eigenvalue weighted by molar-refractivity contribution is 0.0488. The van der Waals surface area contributed by atoms with E-state index < -0.39 is 5.97 Å². The van der Waals surface area contributed by atoms with E-state index in [1.54, 1.807) is 20.0 Å². The van der Waals surface area contributed by atoms with Crippen LogP contribution >= 0.6 is 0 Å². The van der Waals surface area contributed by atoms with Gasteiger partial charge in [-0.15, -0.1) is 0 Å². The van der Waals surface area contributed by atoms with Gasteiger partial charge in [0.05, 0.1) is 6.61 Å². The summed E-state index contributed by atoms with van der Waals surface area (Å²) in [7, 11) is 0. The summed E-state index contributed by atoms with van der Waals surface area (Å²) in [6, 6.07) is 0. The van der Waals surface area contributed by atoms with E-state index in [1.807, 2.05) is 13.8 Å². The Morgan fingerprint density at radius 3 is 2.61 bits per heavy atom. The molecule has 0 aromatic carbocycles. The highest BCUT2D eigenvalue weighted by Gasteiger charge is 2.18. The fraction of sp³-hybridized carbons (Fsp3) is 0.615. The molecule has 0 aliphatic rings. The van der Waals surface area contributed by atoms with E-state index in [0.29, 0.717) is 30.3 Å². The summed E-state index contributed by atoms with van der Waals surface area (Å²) in [5, 5.41) is 0. The SMILES string of the molecule is CCOC(=O)c1nc(C(CC)OCC)ncc1C. The maximum Gasteiger partial charge on any atom is 0.357 e. The van der Waals surface area contributed by atoms with Crippen molar-refractivity contribution in [3.8, 4) is 0 Å². The molecule has 5 heteroatoms. The van der Waals surface area contributed by atoms with Crippen LogP contribution in [0.4, 0.5) is 0 Å². The van der Waals surface area contributed by atoms with E-state index in [9.17, 15) is 4.79 Å². The summed E-state index contributed by atoms with van der Waals surface area (Å²) >= 11 is 0. The van der Waals surface area contributed by atoms with Crippen molar-refractivity contribution in [2.75, 3.05) is 13.2 Å². The first-order valence-corrected chi connectivity index (χ1v) is 6.26. The molecule has 1 rings (SSSR count). The smallest absolute Gasteiger partial charge is 0.357 e. The lowest BCUT2D eigenvalue weighted by Crippen LogP contribution is -2.15. The van der Waals surface area contributed by atoms with E-state index >= 15 is 0 Å². The molecule has 1 unspecified atom stereocenters. The average molecular weight is 252 g/mol. The molecule has 0 aliphatic heterocycles. The monoisotopic (exact) mass is 252 g/mol. The molecule has 0 bridgehead atoms. The highest BCUT2D eigenvalue weighted by molar-refractivity contribution is 5.88. The van der Waals surface area contributed by atoms with Crippen LogP contribution in [0.2, 0.25) is 0 Å². The van der Waals surface area contributed by atoms with Crippen molar-refractivity contribution in [3.63, 3.8) is 0 Å². The summed E-state index contributed by atoms with van der Waals surface area (Å²) in [6.45, 7) is 8.39. The predicted molar refractivity (Wildman–Crippen MR) is 67.4 cm³/mol. The van der Waals surface area contributed by atoms with Crippen molar-refractivity contribution >= 4 is 5.97 Å². The first-order chi connectivity index (χ1) is 8.63. The van der Waals surface area contributed by atoms with Crippen LogP contribution in [0.5, 0.6) is 0 Å². The Labute approximate surface area is 108 Å². The predicted octanol–water partition coefficient (Wildman–Crippen LogP) is 2.45. The zero-order chi connectivity index (χ0) is 13.5. The standard InChI is InChI=1S/C13H20N2O3/c1-5-10(17-6-2)12-14-8-9(4)11(15-12)13(16)18-7-3/h8,10H,5-7H2,1-4H3. The fourth-order valence-corrected chi connectivity index (χ4v) is 1.59. The van der Waals surface area contributed by atoms with Crippen LogP contribution in [-0.2, 0) is 9.47 Å².